The molecule has 1 N–H and O–H groups in total. The number of aromatic nitrogens is 1. The van der Waals surface area contributed by atoms with Crippen LogP contribution in [-0.2, 0) is 11.2 Å². The van der Waals surface area contributed by atoms with E-state index in [1.54, 1.807) is 17.4 Å². The highest BCUT2D eigenvalue weighted by Gasteiger charge is 2.21. The summed E-state index contributed by atoms with van der Waals surface area (Å²) in [5, 5.41) is 1.77. The van der Waals surface area contributed by atoms with Crippen molar-refractivity contribution in [3.63, 3.8) is 0 Å². The molecule has 1 aliphatic carbocycles. The first kappa shape index (κ1) is 16.1. The molecular formula is C22H19N3O. The van der Waals surface area contributed by atoms with Crippen LogP contribution in [0.15, 0.2) is 85.2 Å². The van der Waals surface area contributed by atoms with Gasteiger partial charge in [-0.2, -0.15) is 0 Å². The Bertz CT molecular complexity index is 896. The summed E-state index contributed by atoms with van der Waals surface area (Å²) in [6, 6.07) is 21.6. The van der Waals surface area contributed by atoms with Gasteiger partial charge >= 0.3 is 0 Å². The summed E-state index contributed by atoms with van der Waals surface area (Å²) in [6.45, 7) is 0. The number of aryl methyl sites for hydroxylation is 1. The summed E-state index contributed by atoms with van der Waals surface area (Å²) < 4.78 is 0. The second-order valence-corrected chi connectivity index (χ2v) is 6.14. The molecule has 1 aromatic heterocycles. The standard InChI is InChI=1S/C22H19N3O/c26-22(21-14-6-9-17-8-4-5-13-20(17)21)24-25(18-10-2-1-3-11-18)19-12-7-15-23-16-19/h1-5,7-8,10-16H,6,9H2,(H,24,26). The molecule has 128 valence electrons. The Morgan fingerprint density at radius 1 is 0.923 bits per heavy atom. The third kappa shape index (κ3) is 3.22. The lowest BCUT2D eigenvalue weighted by molar-refractivity contribution is -0.115. The summed E-state index contributed by atoms with van der Waals surface area (Å²) >= 11 is 0. The molecule has 26 heavy (non-hydrogen) atoms. The highest BCUT2D eigenvalue weighted by molar-refractivity contribution is 6.20. The van der Waals surface area contributed by atoms with Gasteiger partial charge in [0.05, 0.1) is 17.6 Å². The normalized spacial score (nSPS) is 12.7. The summed E-state index contributed by atoms with van der Waals surface area (Å²) in [5.41, 5.74) is 7.67. The van der Waals surface area contributed by atoms with Gasteiger partial charge in [0, 0.05) is 11.8 Å². The number of allylic oxidation sites excluding steroid dienone is 1. The van der Waals surface area contributed by atoms with Crippen molar-refractivity contribution in [2.24, 2.45) is 0 Å². The van der Waals surface area contributed by atoms with Crippen LogP contribution in [0.25, 0.3) is 5.57 Å². The maximum absolute atomic E-state index is 13.1. The van der Waals surface area contributed by atoms with Crippen molar-refractivity contribution in [1.29, 1.82) is 0 Å². The zero-order chi connectivity index (χ0) is 17.8. The van der Waals surface area contributed by atoms with Gasteiger partial charge in [-0.15, -0.1) is 0 Å². The molecule has 0 aliphatic heterocycles. The number of para-hydroxylation sites is 1. The average Bonchev–Trinajstić information content (AvgIpc) is 2.72. The van der Waals surface area contributed by atoms with E-state index in [-0.39, 0.29) is 5.91 Å². The van der Waals surface area contributed by atoms with Crippen LogP contribution in [0.5, 0.6) is 0 Å². The van der Waals surface area contributed by atoms with Crippen LogP contribution in [-0.4, -0.2) is 10.9 Å². The maximum atomic E-state index is 13.1. The average molecular weight is 341 g/mol. The fraction of sp³-hybridized carbons (Fsp3) is 0.0909. The number of carbonyl (C=O) groups excluding carboxylic acids is 1. The van der Waals surface area contributed by atoms with E-state index in [1.807, 2.05) is 66.7 Å². The van der Waals surface area contributed by atoms with Crippen LogP contribution in [0.3, 0.4) is 0 Å². The summed E-state index contributed by atoms with van der Waals surface area (Å²) in [6.07, 6.45) is 7.31. The molecule has 4 rings (SSSR count). The molecule has 4 nitrogen and oxygen atoms in total. The highest BCUT2D eigenvalue weighted by Crippen LogP contribution is 2.28. The second-order valence-electron chi connectivity index (χ2n) is 6.14. The Kier molecular flexibility index (Phi) is 4.48. The molecule has 1 aliphatic rings. The second kappa shape index (κ2) is 7.23. The Morgan fingerprint density at radius 2 is 1.69 bits per heavy atom. The van der Waals surface area contributed by atoms with Crippen molar-refractivity contribution in [2.45, 2.75) is 12.8 Å². The SMILES string of the molecule is O=C(NN(c1ccccc1)c1cccnc1)C1=CCCc2ccccc21. The minimum Gasteiger partial charge on any atom is -0.267 e. The fourth-order valence-electron chi connectivity index (χ4n) is 3.20. The number of carbonyl (C=O) groups is 1. The zero-order valence-electron chi connectivity index (χ0n) is 14.3. The number of benzene rings is 2. The molecule has 0 bridgehead atoms. The number of anilines is 2. The lowest BCUT2D eigenvalue weighted by atomic mass is 9.90. The van der Waals surface area contributed by atoms with E-state index in [0.717, 1.165) is 35.4 Å². The largest absolute Gasteiger partial charge is 0.270 e. The lowest BCUT2D eigenvalue weighted by Crippen LogP contribution is -2.39. The summed E-state index contributed by atoms with van der Waals surface area (Å²) in [7, 11) is 0. The van der Waals surface area contributed by atoms with Gasteiger partial charge in [-0.3, -0.25) is 20.2 Å². The first-order chi connectivity index (χ1) is 12.8. The van der Waals surface area contributed by atoms with E-state index in [0.29, 0.717) is 0 Å². The van der Waals surface area contributed by atoms with Gasteiger partial charge < -0.3 is 0 Å². The Balaban J connectivity index is 1.66. The molecule has 2 aromatic carbocycles. The van der Waals surface area contributed by atoms with Gasteiger partial charge in [0.25, 0.3) is 5.91 Å². The molecule has 4 heteroatoms. The van der Waals surface area contributed by atoms with Crippen molar-refractivity contribution in [3.05, 3.63) is 96.3 Å². The monoisotopic (exact) mass is 341 g/mol. The number of amides is 1. The Morgan fingerprint density at radius 3 is 2.50 bits per heavy atom. The van der Waals surface area contributed by atoms with Gasteiger partial charge in [0.1, 0.15) is 0 Å². The number of nitrogens with one attached hydrogen (secondary N) is 1. The third-order valence-corrected chi connectivity index (χ3v) is 4.45. The van der Waals surface area contributed by atoms with Crippen molar-refractivity contribution in [3.8, 4) is 0 Å². The Hall–Kier alpha value is -3.40. The number of fused-ring (bicyclic) bond motifs is 1. The Labute approximate surface area is 152 Å². The minimum absolute atomic E-state index is 0.121. The third-order valence-electron chi connectivity index (χ3n) is 4.45. The predicted molar refractivity (Wildman–Crippen MR) is 104 cm³/mol. The maximum Gasteiger partial charge on any atom is 0.270 e. The van der Waals surface area contributed by atoms with Gasteiger partial charge in [-0.25, -0.2) is 0 Å². The molecule has 0 fully saturated rings. The van der Waals surface area contributed by atoms with Crippen LogP contribution in [0, 0.1) is 0 Å². The predicted octanol–water partition coefficient (Wildman–Crippen LogP) is 4.28. The van der Waals surface area contributed by atoms with Gasteiger partial charge in [-0.05, 0) is 48.2 Å². The topological polar surface area (TPSA) is 45.2 Å². The van der Waals surface area contributed by atoms with Crippen molar-refractivity contribution < 1.29 is 4.79 Å². The van der Waals surface area contributed by atoms with Crippen molar-refractivity contribution in [1.82, 2.24) is 10.4 Å². The number of pyridine rings is 1. The highest BCUT2D eigenvalue weighted by atomic mass is 16.2. The van der Waals surface area contributed by atoms with Crippen LogP contribution < -0.4 is 10.4 Å². The summed E-state index contributed by atoms with van der Waals surface area (Å²) in [4.78, 5) is 17.3. The summed E-state index contributed by atoms with van der Waals surface area (Å²) in [5.74, 6) is -0.121. The quantitative estimate of drug-likeness (QED) is 0.721. The van der Waals surface area contributed by atoms with Crippen molar-refractivity contribution in [2.75, 3.05) is 5.01 Å². The molecule has 3 aromatic rings. The number of hydrogen-bond donors (Lipinski definition) is 1. The molecule has 0 saturated heterocycles. The smallest absolute Gasteiger partial charge is 0.267 e. The molecule has 1 amide bonds. The lowest BCUT2D eigenvalue weighted by Gasteiger charge is -2.26. The van der Waals surface area contributed by atoms with E-state index in [2.05, 4.69) is 16.5 Å². The van der Waals surface area contributed by atoms with Crippen LogP contribution in [0.1, 0.15) is 17.5 Å². The van der Waals surface area contributed by atoms with Crippen molar-refractivity contribution >= 4 is 22.9 Å². The molecule has 0 atom stereocenters. The number of rotatable bonds is 4. The minimum atomic E-state index is -0.121. The van der Waals surface area contributed by atoms with E-state index >= 15 is 0 Å². The van der Waals surface area contributed by atoms with Crippen LogP contribution in [0.2, 0.25) is 0 Å². The van der Waals surface area contributed by atoms with Gasteiger partial charge in [0.15, 0.2) is 0 Å². The number of nitrogens with zero attached hydrogens (tertiary/aromatic N) is 2. The number of hydrogen-bond acceptors (Lipinski definition) is 3. The first-order valence-corrected chi connectivity index (χ1v) is 8.67. The molecule has 0 radical (unpaired) electrons. The molecule has 1 heterocycles. The van der Waals surface area contributed by atoms with E-state index < -0.39 is 0 Å². The fourth-order valence-corrected chi connectivity index (χ4v) is 3.20. The van der Waals surface area contributed by atoms with Gasteiger partial charge in [-0.1, -0.05) is 48.5 Å². The van der Waals surface area contributed by atoms with E-state index in [1.165, 1.54) is 5.56 Å². The van der Waals surface area contributed by atoms with E-state index in [9.17, 15) is 4.79 Å². The van der Waals surface area contributed by atoms with Gasteiger partial charge in [0.2, 0.25) is 0 Å². The van der Waals surface area contributed by atoms with Crippen LogP contribution in [0.4, 0.5) is 11.4 Å². The molecule has 0 unspecified atom stereocenters. The van der Waals surface area contributed by atoms with E-state index in [4.69, 9.17) is 0 Å². The number of hydrazine groups is 1. The molecule has 0 spiro atoms. The first-order valence-electron chi connectivity index (χ1n) is 8.67. The molecule has 0 saturated carbocycles. The molecular weight excluding hydrogens is 322 g/mol. The van der Waals surface area contributed by atoms with Crippen LogP contribution >= 0.6 is 0 Å². The zero-order valence-corrected chi connectivity index (χ0v) is 14.3.